The Balaban J connectivity index is 0.000000342. The SMILES string of the molecule is CCCCC(C)CC1([16N+](C)(C)NN)CCCCC1.CCCCC(C)CC1([16N](C)C)CCCCC1. The van der Waals surface area contributed by atoms with Gasteiger partial charge in [0.1, 0.15) is 5.54 Å². The molecular formula is C30H65N4+. The van der Waals surface area contributed by atoms with Gasteiger partial charge < -0.3 is 4.90 Å². The molecule has 0 spiro atoms. The summed E-state index contributed by atoms with van der Waals surface area (Å²) in [5.74, 6) is 7.54. The van der Waals surface area contributed by atoms with Crippen LogP contribution in [0.4, 0.5) is 0 Å². The lowest BCUT2D eigenvalue weighted by Gasteiger charge is -2.50. The molecule has 0 heterocycles. The third kappa shape index (κ3) is 9.71. The molecule has 0 aromatic carbocycles. The molecule has 2 unspecified atom stereocenters. The number of quaternary nitrogens is 1. The highest BCUT2D eigenvalue weighted by atomic mass is 17.0. The zero-order valence-electron chi connectivity index (χ0n) is 24.9. The standard InChI is InChI=1S/C15H34N3.C15H31N/c1-5-6-10-14(2)13-15(18(3,4)17-16)11-8-7-9-12-15;1-5-6-10-14(2)13-15(16(3)4)11-8-7-9-12-15/h14,17H,5-13,16H2,1-4H3;14H,5-13H2,1-4H3/q+1;/i18+2;16+2. The molecule has 3 N–H and O–H groups in total. The predicted octanol–water partition coefficient (Wildman–Crippen LogP) is 7.83. The summed E-state index contributed by atoms with van der Waals surface area (Å²) in [5.41, 5.74) is 3.93. The molecule has 0 amide bonds. The van der Waals surface area contributed by atoms with E-state index in [0.29, 0.717) is 11.1 Å². The highest BCUT2D eigenvalue weighted by Gasteiger charge is 2.47. The molecular weight excluding hydrogens is 420 g/mol. The smallest absolute Gasteiger partial charge is 0.118 e. The van der Waals surface area contributed by atoms with Crippen LogP contribution in [-0.2, 0) is 0 Å². The Morgan fingerprint density at radius 2 is 1.21 bits per heavy atom. The van der Waals surface area contributed by atoms with E-state index in [1.54, 1.807) is 0 Å². The first-order chi connectivity index (χ1) is 16.1. The number of unbranched alkanes of at least 4 members (excludes halogenated alkanes) is 2. The number of hydrogen-bond donors (Lipinski definition) is 2. The molecule has 2 rings (SSSR count). The Bertz CT molecular complexity index is 504. The van der Waals surface area contributed by atoms with Gasteiger partial charge in [0, 0.05) is 24.8 Å². The van der Waals surface area contributed by atoms with Crippen LogP contribution in [0, 0.1) is 11.8 Å². The molecule has 0 bridgehead atoms. The van der Waals surface area contributed by atoms with Gasteiger partial charge in [0.2, 0.25) is 0 Å². The van der Waals surface area contributed by atoms with Crippen LogP contribution in [0.1, 0.15) is 143 Å². The summed E-state index contributed by atoms with van der Waals surface area (Å²) in [6.45, 7) is 9.46. The molecule has 2 atom stereocenters. The highest BCUT2D eigenvalue weighted by molar-refractivity contribution is 4.91. The first kappa shape index (κ1) is 31.9. The summed E-state index contributed by atoms with van der Waals surface area (Å²) >= 11 is 0. The lowest BCUT2D eigenvalue weighted by Crippen LogP contribution is -2.69. The van der Waals surface area contributed by atoms with Gasteiger partial charge >= 0.3 is 0 Å². The van der Waals surface area contributed by atoms with Crippen molar-refractivity contribution in [1.82, 2.24) is 10.4 Å². The average molecular weight is 486 g/mol. The monoisotopic (exact) mass is 486 g/mol. The Hall–Kier alpha value is -0.160. The van der Waals surface area contributed by atoms with Crippen LogP contribution < -0.4 is 11.4 Å². The number of nitrogens with one attached hydrogen (secondary N) is 1. The maximum Gasteiger partial charge on any atom is 0.118 e. The van der Waals surface area contributed by atoms with E-state index in [-0.39, 0.29) is 0 Å². The lowest BCUT2D eigenvalue weighted by atomic mass is 9.77. The summed E-state index contributed by atoms with van der Waals surface area (Å²) in [6.07, 6.45) is 24.9. The van der Waals surface area contributed by atoms with Crippen molar-refractivity contribution in [2.24, 2.45) is 17.7 Å². The molecule has 0 aliphatic heterocycles. The average Bonchev–Trinajstić information content (AvgIpc) is 2.82. The van der Waals surface area contributed by atoms with Gasteiger partial charge in [-0.05, 0) is 58.0 Å². The van der Waals surface area contributed by atoms with Crippen LogP contribution >= 0.6 is 0 Å². The number of nitrogens with zero attached hydrogens (tertiary/aromatic N) is 2. The van der Waals surface area contributed by atoms with E-state index in [1.165, 1.54) is 116 Å². The van der Waals surface area contributed by atoms with E-state index in [4.69, 9.17) is 5.84 Å². The Labute approximate surface area is 215 Å². The first-order valence-electron chi connectivity index (χ1n) is 15.1. The van der Waals surface area contributed by atoms with E-state index in [1.807, 2.05) is 0 Å². The van der Waals surface area contributed by atoms with Gasteiger partial charge in [-0.3, -0.25) is 0 Å². The minimum Gasteiger partial charge on any atom is -0.304 e. The summed E-state index contributed by atoms with van der Waals surface area (Å²) in [4.78, 5) is 2.52. The van der Waals surface area contributed by atoms with Crippen molar-refractivity contribution >= 4 is 0 Å². The number of hydrazine groups is 1. The fraction of sp³-hybridized carbons (Fsp3) is 1.00. The van der Waals surface area contributed by atoms with Crippen LogP contribution in [-0.4, -0.2) is 48.8 Å². The molecule has 204 valence electrons. The quantitative estimate of drug-likeness (QED) is 0.159. The number of hydrogen-bond acceptors (Lipinski definition) is 3. The van der Waals surface area contributed by atoms with Crippen LogP contribution in [0.15, 0.2) is 0 Å². The molecule has 2 aliphatic carbocycles. The molecule has 4 nitrogen and oxygen atoms in total. The second kappa shape index (κ2) is 15.8. The topological polar surface area (TPSA) is 41.3 Å². The molecule has 34 heavy (non-hydrogen) atoms. The molecule has 4 heteroatoms. The fourth-order valence-electron chi connectivity index (χ4n) is 6.99. The third-order valence-electron chi connectivity index (χ3n) is 9.58. The van der Waals surface area contributed by atoms with Gasteiger partial charge in [-0.15, -0.1) is 5.53 Å². The van der Waals surface area contributed by atoms with Crippen LogP contribution in [0.5, 0.6) is 0 Å². The second-order valence-electron chi connectivity index (χ2n) is 13.0. The summed E-state index contributed by atoms with van der Waals surface area (Å²) in [7, 11) is 9.05. The van der Waals surface area contributed by atoms with E-state index >= 15 is 0 Å². The molecule has 0 radical (unpaired) electrons. The van der Waals surface area contributed by atoms with Gasteiger partial charge in [-0.1, -0.05) is 91.9 Å². The Morgan fingerprint density at radius 1 is 0.765 bits per heavy atom. The van der Waals surface area contributed by atoms with Gasteiger partial charge in [-0.25, -0.2) is 10.4 Å². The molecule has 2 fully saturated rings. The highest BCUT2D eigenvalue weighted by Crippen LogP contribution is 2.41. The minimum atomic E-state index is 0.347. The molecule has 0 saturated heterocycles. The van der Waals surface area contributed by atoms with Crippen molar-refractivity contribution in [3.05, 3.63) is 0 Å². The zero-order chi connectivity index (χ0) is 25.7. The number of nitrogens with two attached hydrogens (primary N) is 1. The van der Waals surface area contributed by atoms with Crippen LogP contribution in [0.2, 0.25) is 0 Å². The predicted molar refractivity (Wildman–Crippen MR) is 151 cm³/mol. The fourth-order valence-corrected chi connectivity index (χ4v) is 6.99. The Kier molecular flexibility index (Phi) is 14.9. The maximum atomic E-state index is 5.82. The lowest BCUT2D eigenvalue weighted by molar-refractivity contribution is -0.986. The molecule has 0 aromatic rings. The van der Waals surface area contributed by atoms with Crippen molar-refractivity contribution in [2.45, 2.75) is 154 Å². The normalized spacial score (nSPS) is 22.1. The van der Waals surface area contributed by atoms with Crippen molar-refractivity contribution < 1.29 is 4.59 Å². The first-order valence-corrected chi connectivity index (χ1v) is 15.1. The van der Waals surface area contributed by atoms with E-state index in [9.17, 15) is 0 Å². The van der Waals surface area contributed by atoms with Crippen LogP contribution in [0.25, 0.3) is 0 Å². The van der Waals surface area contributed by atoms with E-state index in [0.717, 1.165) is 16.4 Å². The molecule has 2 saturated carbocycles. The van der Waals surface area contributed by atoms with Crippen molar-refractivity contribution in [2.75, 3.05) is 28.2 Å². The van der Waals surface area contributed by atoms with Crippen molar-refractivity contribution in [3.63, 3.8) is 0 Å². The van der Waals surface area contributed by atoms with Gasteiger partial charge in [-0.2, -0.15) is 0 Å². The van der Waals surface area contributed by atoms with Crippen molar-refractivity contribution in [3.8, 4) is 0 Å². The van der Waals surface area contributed by atoms with Gasteiger partial charge in [0.25, 0.3) is 0 Å². The minimum absolute atomic E-state index is 0.347. The summed E-state index contributed by atoms with van der Waals surface area (Å²) < 4.78 is 0.767. The van der Waals surface area contributed by atoms with Crippen LogP contribution in [0.3, 0.4) is 0 Å². The summed E-state index contributed by atoms with van der Waals surface area (Å²) in [6, 6.07) is 0. The number of rotatable bonds is 13. The van der Waals surface area contributed by atoms with Gasteiger partial charge in [0.15, 0.2) is 0 Å². The molecule has 2 aliphatic rings. The maximum absolute atomic E-state index is 5.82. The third-order valence-corrected chi connectivity index (χ3v) is 9.58. The summed E-state index contributed by atoms with van der Waals surface area (Å²) in [5, 5.41) is 0. The zero-order valence-corrected chi connectivity index (χ0v) is 24.9. The largest absolute Gasteiger partial charge is 0.304 e. The van der Waals surface area contributed by atoms with Crippen molar-refractivity contribution in [1.29, 1.82) is 0 Å². The van der Waals surface area contributed by atoms with Gasteiger partial charge in [0.05, 0.1) is 14.1 Å². The molecule has 0 aromatic heterocycles. The van der Waals surface area contributed by atoms with E-state index < -0.39 is 0 Å². The Morgan fingerprint density at radius 3 is 1.62 bits per heavy atom. The second-order valence-corrected chi connectivity index (χ2v) is 13.0. The van der Waals surface area contributed by atoms with E-state index in [2.05, 4.69) is 66.3 Å².